The van der Waals surface area contributed by atoms with E-state index < -0.39 is 25.2 Å². The summed E-state index contributed by atoms with van der Waals surface area (Å²) < 4.78 is 0. The fraction of sp³-hybridized carbons (Fsp3) is 0.304. The molecule has 0 radical (unpaired) electrons. The molecule has 9 nitrogen and oxygen atoms in total. The molecule has 0 aromatic carbocycles. The van der Waals surface area contributed by atoms with Gasteiger partial charge in [-0.1, -0.05) is 19.9 Å². The van der Waals surface area contributed by atoms with Gasteiger partial charge in [0.25, 0.3) is 5.91 Å². The number of dihydropyridines is 1. The molecule has 1 aliphatic rings. The summed E-state index contributed by atoms with van der Waals surface area (Å²) in [5.41, 5.74) is 3.35. The number of nitrogens with one attached hydrogen (secondary N) is 5. The van der Waals surface area contributed by atoms with Gasteiger partial charge in [0.15, 0.2) is 0 Å². The van der Waals surface area contributed by atoms with Gasteiger partial charge in [-0.2, -0.15) is 0 Å². The van der Waals surface area contributed by atoms with E-state index in [4.69, 9.17) is 10.8 Å². The number of carbonyl (C=O) groups is 1. The number of hydrogen-bond donors (Lipinski definition) is 7. The van der Waals surface area contributed by atoms with Crippen molar-refractivity contribution >= 4 is 24.2 Å². The summed E-state index contributed by atoms with van der Waals surface area (Å²) in [7, 11) is 0. The zero-order chi connectivity index (χ0) is 23.7. The van der Waals surface area contributed by atoms with Gasteiger partial charge in [0, 0.05) is 29.9 Å². The number of aliphatic hydroxyl groups is 2. The molecule has 0 saturated heterocycles. The second kappa shape index (κ2) is 11.7. The lowest BCUT2D eigenvalue weighted by atomic mass is 9.95. The smallest absolute Gasteiger partial charge is 0.255 e. The maximum absolute atomic E-state index is 12.6. The van der Waals surface area contributed by atoms with Crippen LogP contribution in [0.5, 0.6) is 0 Å². The second-order valence-electron chi connectivity index (χ2n) is 7.50. The van der Waals surface area contributed by atoms with Crippen molar-refractivity contribution in [3.05, 3.63) is 70.4 Å². The van der Waals surface area contributed by atoms with Crippen LogP contribution in [0.1, 0.15) is 19.5 Å². The largest absolute Gasteiger partial charge is 0.394 e. The van der Waals surface area contributed by atoms with Gasteiger partial charge >= 0.3 is 0 Å². The van der Waals surface area contributed by atoms with E-state index in [1.165, 1.54) is 6.21 Å². The lowest BCUT2D eigenvalue weighted by Crippen LogP contribution is -2.41. The molecule has 1 aromatic rings. The Morgan fingerprint density at radius 1 is 1.22 bits per heavy atom. The number of aryl methyl sites for hydroxylation is 1. The fourth-order valence-corrected chi connectivity index (χ4v) is 3.03. The van der Waals surface area contributed by atoms with E-state index in [2.05, 4.69) is 20.9 Å². The van der Waals surface area contributed by atoms with Crippen LogP contribution in [-0.4, -0.2) is 52.8 Å². The van der Waals surface area contributed by atoms with Gasteiger partial charge in [0.1, 0.15) is 5.82 Å². The summed E-state index contributed by atoms with van der Waals surface area (Å²) in [5, 5.41) is 42.9. The van der Waals surface area contributed by atoms with Crippen LogP contribution in [0.2, 0.25) is 0 Å². The molecule has 170 valence electrons. The topological polar surface area (TPSA) is 154 Å². The highest BCUT2D eigenvalue weighted by Crippen LogP contribution is 2.26. The number of nitrogens with zero attached hydrogens (tertiary/aromatic N) is 1. The number of hydrogen-bond acceptors (Lipinski definition) is 8. The van der Waals surface area contributed by atoms with Gasteiger partial charge in [-0.3, -0.25) is 4.79 Å². The Bertz CT molecular complexity index is 987. The van der Waals surface area contributed by atoms with Crippen molar-refractivity contribution in [2.45, 2.75) is 26.8 Å². The summed E-state index contributed by atoms with van der Waals surface area (Å²) >= 11 is 0. The molecular formula is C23H30N6O3. The SMILES string of the molecule is Cc1cccc(N/C(C2=C/C(=C(/C=N)C(=O)NC(CO)CO)NC=C2)=C(\C=N)C(C)C)n1. The van der Waals surface area contributed by atoms with E-state index in [0.717, 1.165) is 17.5 Å². The molecule has 0 unspecified atom stereocenters. The second-order valence-corrected chi connectivity index (χ2v) is 7.50. The van der Waals surface area contributed by atoms with Crippen LogP contribution in [0.4, 0.5) is 5.82 Å². The van der Waals surface area contributed by atoms with Crippen LogP contribution in [0, 0.1) is 23.7 Å². The Morgan fingerprint density at radius 3 is 2.50 bits per heavy atom. The van der Waals surface area contributed by atoms with Crippen molar-refractivity contribution in [1.82, 2.24) is 15.6 Å². The van der Waals surface area contributed by atoms with Crippen LogP contribution >= 0.6 is 0 Å². The summed E-state index contributed by atoms with van der Waals surface area (Å²) in [6.07, 6.45) is 7.36. The number of allylic oxidation sites excluding steroid dienone is 3. The van der Waals surface area contributed by atoms with Crippen molar-refractivity contribution in [3.63, 3.8) is 0 Å². The summed E-state index contributed by atoms with van der Waals surface area (Å²) in [6, 6.07) is 4.78. The highest BCUT2D eigenvalue weighted by molar-refractivity contribution is 6.12. The normalized spacial score (nSPS) is 15.5. The van der Waals surface area contributed by atoms with E-state index in [0.29, 0.717) is 22.8 Å². The summed E-state index contributed by atoms with van der Waals surface area (Å²) in [5.74, 6) is 0.0605. The van der Waals surface area contributed by atoms with E-state index >= 15 is 0 Å². The Balaban J connectivity index is 2.54. The Kier molecular flexibility index (Phi) is 9.06. The predicted molar refractivity (Wildman–Crippen MR) is 126 cm³/mol. The molecule has 2 rings (SSSR count). The molecule has 7 N–H and O–H groups in total. The predicted octanol–water partition coefficient (Wildman–Crippen LogP) is 1.78. The minimum atomic E-state index is -0.824. The monoisotopic (exact) mass is 438 g/mol. The van der Waals surface area contributed by atoms with E-state index in [-0.39, 0.29) is 11.5 Å². The molecule has 32 heavy (non-hydrogen) atoms. The zero-order valence-electron chi connectivity index (χ0n) is 18.4. The molecule has 0 atom stereocenters. The number of anilines is 1. The highest BCUT2D eigenvalue weighted by Gasteiger charge is 2.20. The number of pyridine rings is 1. The highest BCUT2D eigenvalue weighted by atomic mass is 16.3. The average Bonchev–Trinajstić information content (AvgIpc) is 2.77. The molecule has 1 aliphatic heterocycles. The molecule has 9 heteroatoms. The van der Waals surface area contributed by atoms with E-state index in [9.17, 15) is 15.0 Å². The first-order valence-corrected chi connectivity index (χ1v) is 10.2. The van der Waals surface area contributed by atoms with Crippen LogP contribution in [0.3, 0.4) is 0 Å². The molecule has 0 bridgehead atoms. The van der Waals surface area contributed by atoms with Crippen molar-refractivity contribution in [3.8, 4) is 0 Å². The first kappa shape index (κ1) is 24.7. The quantitative estimate of drug-likeness (QED) is 0.218. The molecule has 0 fully saturated rings. The minimum absolute atomic E-state index is 0.0349. The Morgan fingerprint density at radius 2 is 1.94 bits per heavy atom. The van der Waals surface area contributed by atoms with Crippen LogP contribution < -0.4 is 16.0 Å². The summed E-state index contributed by atoms with van der Waals surface area (Å²) in [6.45, 7) is 5.01. The molecule has 0 aliphatic carbocycles. The van der Waals surface area contributed by atoms with Crippen LogP contribution in [0.15, 0.2) is 64.7 Å². The van der Waals surface area contributed by atoms with Gasteiger partial charge < -0.3 is 37.0 Å². The molecular weight excluding hydrogens is 408 g/mol. The van der Waals surface area contributed by atoms with Gasteiger partial charge in [0.2, 0.25) is 0 Å². The van der Waals surface area contributed by atoms with Gasteiger partial charge in [0.05, 0.1) is 36.2 Å². The van der Waals surface area contributed by atoms with Gasteiger partial charge in [-0.05, 0) is 42.7 Å². The fourth-order valence-electron chi connectivity index (χ4n) is 3.03. The third-order valence-electron chi connectivity index (χ3n) is 4.75. The molecule has 1 amide bonds. The Labute approximate surface area is 187 Å². The van der Waals surface area contributed by atoms with E-state index in [1.54, 1.807) is 18.4 Å². The number of aliphatic hydroxyl groups excluding tert-OH is 2. The molecule has 2 heterocycles. The first-order valence-electron chi connectivity index (χ1n) is 10.2. The number of rotatable bonds is 10. The lowest BCUT2D eigenvalue weighted by Gasteiger charge is -2.22. The van der Waals surface area contributed by atoms with Crippen molar-refractivity contribution in [2.75, 3.05) is 18.5 Å². The van der Waals surface area contributed by atoms with Crippen molar-refractivity contribution in [1.29, 1.82) is 10.8 Å². The third-order valence-corrected chi connectivity index (χ3v) is 4.75. The standard InChI is InChI=1S/C23H30N6O3/c1-14(2)18(10-24)22(29-21-6-4-5-15(3)27-21)16-7-8-26-20(9-16)19(11-25)23(32)28-17(12-30)13-31/h4-11,14,17,24-26,30-31H,12-13H2,1-3H3,(H,27,29)(H,28,32)/b20-19+,22-18+,24-10?,25-11?. The Hall–Kier alpha value is -3.56. The maximum atomic E-state index is 12.6. The van der Waals surface area contributed by atoms with Gasteiger partial charge in [-0.15, -0.1) is 0 Å². The number of amides is 1. The van der Waals surface area contributed by atoms with Gasteiger partial charge in [-0.25, -0.2) is 4.98 Å². The minimum Gasteiger partial charge on any atom is -0.394 e. The summed E-state index contributed by atoms with van der Waals surface area (Å²) in [4.78, 5) is 17.1. The maximum Gasteiger partial charge on any atom is 0.255 e. The molecule has 1 aromatic heterocycles. The van der Waals surface area contributed by atoms with Crippen LogP contribution in [-0.2, 0) is 4.79 Å². The van der Waals surface area contributed by atoms with Crippen molar-refractivity contribution < 1.29 is 15.0 Å². The molecule has 0 spiro atoms. The number of carbonyl (C=O) groups excluding carboxylic acids is 1. The zero-order valence-corrected chi connectivity index (χ0v) is 18.4. The van der Waals surface area contributed by atoms with E-state index in [1.807, 2.05) is 39.0 Å². The third kappa shape index (κ3) is 6.22. The van der Waals surface area contributed by atoms with Crippen molar-refractivity contribution in [2.24, 2.45) is 5.92 Å². The lowest BCUT2D eigenvalue weighted by molar-refractivity contribution is -0.118. The first-order chi connectivity index (χ1) is 15.3. The molecule has 0 saturated carbocycles. The average molecular weight is 439 g/mol. The number of aromatic nitrogens is 1. The van der Waals surface area contributed by atoms with Crippen LogP contribution in [0.25, 0.3) is 0 Å².